The van der Waals surface area contributed by atoms with Crippen molar-refractivity contribution in [3.63, 3.8) is 0 Å². The molecule has 2 saturated heterocycles. The predicted molar refractivity (Wildman–Crippen MR) is 152 cm³/mol. The van der Waals surface area contributed by atoms with Crippen LogP contribution >= 0.6 is 11.9 Å². The average molecular weight is 559 g/mol. The quantitative estimate of drug-likeness (QED) is 0.419. The second-order valence-electron chi connectivity index (χ2n) is 9.96. The normalized spacial score (nSPS) is 20.4. The second kappa shape index (κ2) is 14.0. The van der Waals surface area contributed by atoms with Crippen LogP contribution in [0, 0.1) is 0 Å². The molecule has 11 heteroatoms. The van der Waals surface area contributed by atoms with Crippen LogP contribution in [0.5, 0.6) is 0 Å². The Bertz CT molecular complexity index is 1230. The molecule has 39 heavy (non-hydrogen) atoms. The fourth-order valence-electron chi connectivity index (χ4n) is 4.84. The molecule has 1 amide bonds. The molecule has 0 aliphatic carbocycles. The first-order chi connectivity index (χ1) is 18.8. The minimum atomic E-state index is -2.24. The van der Waals surface area contributed by atoms with Crippen molar-refractivity contribution in [3.8, 4) is 11.4 Å². The summed E-state index contributed by atoms with van der Waals surface area (Å²) < 4.78 is 31.4. The molecule has 5 rings (SSSR count). The molecule has 3 aromatic heterocycles. The third kappa shape index (κ3) is 8.81. The number of alkyl halides is 2. The van der Waals surface area contributed by atoms with Gasteiger partial charge in [0.1, 0.15) is 5.82 Å². The van der Waals surface area contributed by atoms with Gasteiger partial charge < -0.3 is 15.4 Å². The van der Waals surface area contributed by atoms with Crippen LogP contribution in [0.1, 0.15) is 45.2 Å². The molecule has 0 bridgehead atoms. The number of aromatic nitrogens is 3. The standard InChI is InChI=1S/C21H23N5O2.C7H13F2NS/c1-13-11-26(12-14(2)28-13)21-5-3-4-17(25-21)18-7-6-15-10-23-16(9-20(22)27)8-19(15)24-18;8-7(9)11-10-5-3-1-2-4-6-10/h3-8,10,13-14H,9,11-12H2,1-2H3,(H2,22,27);7H,1-6H2. The Kier molecular flexibility index (Phi) is 10.4. The number of halogens is 2. The van der Waals surface area contributed by atoms with Crippen LogP contribution < -0.4 is 10.6 Å². The van der Waals surface area contributed by atoms with E-state index in [1.807, 2.05) is 30.3 Å². The maximum absolute atomic E-state index is 11.9. The first kappa shape index (κ1) is 29.1. The van der Waals surface area contributed by atoms with E-state index in [9.17, 15) is 13.6 Å². The highest BCUT2D eigenvalue weighted by Crippen LogP contribution is 2.25. The summed E-state index contributed by atoms with van der Waals surface area (Å²) in [6.07, 6.45) is 6.68. The summed E-state index contributed by atoms with van der Waals surface area (Å²) in [6, 6.07) is 11.7. The van der Waals surface area contributed by atoms with Crippen molar-refractivity contribution >= 4 is 34.6 Å². The van der Waals surface area contributed by atoms with Crippen LogP contribution in [0.3, 0.4) is 0 Å². The zero-order valence-electron chi connectivity index (χ0n) is 22.4. The topological polar surface area (TPSA) is 97.5 Å². The Morgan fingerprint density at radius 1 is 1.05 bits per heavy atom. The first-order valence-electron chi connectivity index (χ1n) is 13.4. The molecule has 2 aliphatic heterocycles. The zero-order valence-corrected chi connectivity index (χ0v) is 23.2. The van der Waals surface area contributed by atoms with Crippen molar-refractivity contribution in [3.05, 3.63) is 48.3 Å². The lowest BCUT2D eigenvalue weighted by Crippen LogP contribution is -2.45. The van der Waals surface area contributed by atoms with Crippen LogP contribution in [-0.4, -0.2) is 69.3 Å². The number of hydrogen-bond donors (Lipinski definition) is 1. The molecule has 8 nitrogen and oxygen atoms in total. The molecule has 210 valence electrons. The van der Waals surface area contributed by atoms with Crippen LogP contribution in [0.25, 0.3) is 22.3 Å². The van der Waals surface area contributed by atoms with Gasteiger partial charge in [-0.25, -0.2) is 14.3 Å². The molecule has 2 unspecified atom stereocenters. The lowest BCUT2D eigenvalue weighted by Gasteiger charge is -2.36. The van der Waals surface area contributed by atoms with Crippen LogP contribution in [-0.2, 0) is 16.0 Å². The Morgan fingerprint density at radius 3 is 2.41 bits per heavy atom. The third-order valence-corrected chi connectivity index (χ3v) is 7.34. The van der Waals surface area contributed by atoms with Crippen LogP contribution in [0.2, 0.25) is 0 Å². The van der Waals surface area contributed by atoms with Gasteiger partial charge in [0.05, 0.1) is 41.2 Å². The van der Waals surface area contributed by atoms with Gasteiger partial charge in [-0.3, -0.25) is 9.78 Å². The second-order valence-corrected chi connectivity index (χ2v) is 11.0. The number of rotatable bonds is 6. The SMILES string of the molecule is CC1CN(c2cccc(-c3ccc4cnc(CC(N)=O)cc4n3)n2)CC(C)O1.FC(F)SN1CCCCCC1. The molecule has 0 saturated carbocycles. The van der Waals surface area contributed by atoms with E-state index in [-0.39, 0.29) is 18.6 Å². The van der Waals surface area contributed by atoms with Crippen LogP contribution in [0.15, 0.2) is 42.6 Å². The van der Waals surface area contributed by atoms with E-state index in [1.165, 1.54) is 12.8 Å². The molecule has 3 aromatic rings. The fraction of sp³-hybridized carbons (Fsp3) is 0.500. The summed E-state index contributed by atoms with van der Waals surface area (Å²) in [5, 5.41) is 0.906. The van der Waals surface area contributed by atoms with Gasteiger partial charge in [-0.1, -0.05) is 18.9 Å². The molecule has 2 atom stereocenters. The number of nitrogens with two attached hydrogens (primary N) is 1. The maximum Gasteiger partial charge on any atom is 0.298 e. The maximum atomic E-state index is 11.9. The number of amides is 1. The van der Waals surface area contributed by atoms with Gasteiger partial charge in [0.15, 0.2) is 0 Å². The largest absolute Gasteiger partial charge is 0.372 e. The lowest BCUT2D eigenvalue weighted by atomic mass is 10.1. The molecule has 5 heterocycles. The van der Waals surface area contributed by atoms with Gasteiger partial charge in [-0.2, -0.15) is 8.78 Å². The Labute approximate surface area is 232 Å². The van der Waals surface area contributed by atoms with E-state index in [2.05, 4.69) is 23.7 Å². The monoisotopic (exact) mass is 558 g/mol. The molecule has 0 radical (unpaired) electrons. The first-order valence-corrected chi connectivity index (χ1v) is 14.2. The smallest absolute Gasteiger partial charge is 0.298 e. The molecule has 2 aliphatic rings. The van der Waals surface area contributed by atoms with Crippen molar-refractivity contribution in [1.29, 1.82) is 0 Å². The fourth-order valence-corrected chi connectivity index (χ4v) is 5.54. The van der Waals surface area contributed by atoms with Crippen molar-refractivity contribution in [2.45, 2.75) is 63.9 Å². The third-order valence-electron chi connectivity index (χ3n) is 6.52. The average Bonchev–Trinajstić information content (AvgIpc) is 3.16. The van der Waals surface area contributed by atoms with E-state index in [0.29, 0.717) is 17.6 Å². The summed E-state index contributed by atoms with van der Waals surface area (Å²) in [7, 11) is 0. The van der Waals surface area contributed by atoms with Gasteiger partial charge in [0, 0.05) is 37.8 Å². The molecule has 0 aromatic carbocycles. The van der Waals surface area contributed by atoms with Gasteiger partial charge >= 0.3 is 0 Å². The number of hydrogen-bond acceptors (Lipinski definition) is 8. The Balaban J connectivity index is 0.000000270. The Morgan fingerprint density at radius 2 is 1.74 bits per heavy atom. The van der Waals surface area contributed by atoms with Crippen molar-refractivity contribution in [2.75, 3.05) is 31.1 Å². The highest BCUT2D eigenvalue weighted by molar-refractivity contribution is 7.97. The number of fused-ring (bicyclic) bond motifs is 1. The predicted octanol–water partition coefficient (Wildman–Crippen LogP) is 5.07. The number of morpholine rings is 1. The number of nitrogens with zero attached hydrogens (tertiary/aromatic N) is 5. The van der Waals surface area contributed by atoms with Crippen molar-refractivity contribution in [2.24, 2.45) is 5.73 Å². The molecule has 2 fully saturated rings. The van der Waals surface area contributed by atoms with Crippen LogP contribution in [0.4, 0.5) is 14.6 Å². The molecule has 0 spiro atoms. The zero-order chi connectivity index (χ0) is 27.8. The van der Waals surface area contributed by atoms with Crippen molar-refractivity contribution < 1.29 is 18.3 Å². The molecular formula is C28H36F2N6O2S. The van der Waals surface area contributed by atoms with Gasteiger partial charge in [-0.05, 0) is 69.0 Å². The molecule has 2 N–H and O–H groups in total. The van der Waals surface area contributed by atoms with E-state index < -0.39 is 11.7 Å². The number of primary amides is 1. The number of pyridine rings is 3. The minimum absolute atomic E-state index is 0.100. The summed E-state index contributed by atoms with van der Waals surface area (Å²) in [6.45, 7) is 7.44. The van der Waals surface area contributed by atoms with Gasteiger partial charge in [0.2, 0.25) is 5.91 Å². The summed E-state index contributed by atoms with van der Waals surface area (Å²) in [4.78, 5) is 27.2. The van der Waals surface area contributed by atoms with Gasteiger partial charge in [0.25, 0.3) is 5.76 Å². The number of carbonyl (C=O) groups excluding carboxylic acids is 1. The lowest BCUT2D eigenvalue weighted by molar-refractivity contribution is -0.117. The Hall–Kier alpha value is -2.89. The highest BCUT2D eigenvalue weighted by atomic mass is 32.2. The number of anilines is 1. The highest BCUT2D eigenvalue weighted by Gasteiger charge is 2.23. The van der Waals surface area contributed by atoms with E-state index in [4.69, 9.17) is 20.4 Å². The van der Waals surface area contributed by atoms with E-state index in [1.54, 1.807) is 16.6 Å². The van der Waals surface area contributed by atoms with Crippen molar-refractivity contribution in [1.82, 2.24) is 19.3 Å². The number of ether oxygens (including phenoxy) is 1. The number of carbonyl (C=O) groups is 1. The van der Waals surface area contributed by atoms with Gasteiger partial charge in [-0.15, -0.1) is 0 Å². The minimum Gasteiger partial charge on any atom is -0.372 e. The molecular weight excluding hydrogens is 522 g/mol. The summed E-state index contributed by atoms with van der Waals surface area (Å²) >= 11 is 0.689. The summed E-state index contributed by atoms with van der Waals surface area (Å²) in [5.41, 5.74) is 8.24. The van der Waals surface area contributed by atoms with E-state index in [0.717, 1.165) is 67.1 Å². The van der Waals surface area contributed by atoms with E-state index >= 15 is 0 Å². The summed E-state index contributed by atoms with van der Waals surface area (Å²) in [5.74, 6) is -1.73.